The second-order valence-electron chi connectivity index (χ2n) is 8.26. The van der Waals surface area contributed by atoms with Crippen molar-refractivity contribution in [1.29, 1.82) is 5.26 Å². The Balaban J connectivity index is 0.000000771. The molecule has 0 spiro atoms. The van der Waals surface area contributed by atoms with E-state index in [4.69, 9.17) is 4.74 Å². The maximum absolute atomic E-state index is 12.2. The van der Waals surface area contributed by atoms with Crippen molar-refractivity contribution in [2.45, 2.75) is 0 Å². The highest BCUT2D eigenvalue weighted by molar-refractivity contribution is 7.14. The maximum Gasteiger partial charge on any atom is 0.349 e. The molecule has 4 aromatic rings. The zero-order valence-corrected chi connectivity index (χ0v) is 22.2. The van der Waals surface area contributed by atoms with Gasteiger partial charge in [-0.05, 0) is 22.8 Å². The Hall–Kier alpha value is -5.07. The van der Waals surface area contributed by atoms with Gasteiger partial charge in [-0.3, -0.25) is 14.9 Å². The van der Waals surface area contributed by atoms with Crippen LogP contribution in [0.5, 0.6) is 0 Å². The summed E-state index contributed by atoms with van der Waals surface area (Å²) in [5.74, 6) is -1.40. The van der Waals surface area contributed by atoms with Crippen molar-refractivity contribution in [3.05, 3.63) is 101 Å². The monoisotopic (exact) mass is 538 g/mol. The van der Waals surface area contributed by atoms with Crippen molar-refractivity contribution in [3.8, 4) is 28.5 Å². The molecule has 39 heavy (non-hydrogen) atoms. The Morgan fingerprint density at radius 1 is 0.949 bits per heavy atom. The molecule has 196 valence electrons. The molecule has 0 atom stereocenters. The van der Waals surface area contributed by atoms with Crippen molar-refractivity contribution < 1.29 is 19.1 Å². The summed E-state index contributed by atoms with van der Waals surface area (Å²) in [5.41, 5.74) is 4.39. The number of ether oxygens (including phenoxy) is 1. The number of hydrogen-bond donors (Lipinski definition) is 1. The van der Waals surface area contributed by atoms with Gasteiger partial charge in [-0.25, -0.2) is 9.78 Å². The van der Waals surface area contributed by atoms with Gasteiger partial charge in [0.15, 0.2) is 11.7 Å². The van der Waals surface area contributed by atoms with Gasteiger partial charge in [-0.2, -0.15) is 5.26 Å². The van der Waals surface area contributed by atoms with E-state index >= 15 is 0 Å². The lowest BCUT2D eigenvalue weighted by Gasteiger charge is -2.04. The largest absolute Gasteiger partial charge is 0.451 e. The SMILES string of the molecule is CN(C)C=O.N#C/C(=C/c1ccccc1)C(=O)OCC(=O)Nc1nc(-c2ccc(-c3ccccc3)cc2)cs1. The number of anilines is 1. The molecular formula is C30H26N4O4S. The van der Waals surface area contributed by atoms with Gasteiger partial charge in [-0.1, -0.05) is 84.9 Å². The first kappa shape index (κ1) is 28.5. The summed E-state index contributed by atoms with van der Waals surface area (Å²) in [6.45, 7) is -0.521. The van der Waals surface area contributed by atoms with Gasteiger partial charge in [0, 0.05) is 25.0 Å². The van der Waals surface area contributed by atoms with Gasteiger partial charge in [-0.15, -0.1) is 11.3 Å². The quantitative estimate of drug-likeness (QED) is 0.142. The van der Waals surface area contributed by atoms with Gasteiger partial charge in [0.25, 0.3) is 5.91 Å². The van der Waals surface area contributed by atoms with E-state index in [1.54, 1.807) is 44.4 Å². The second kappa shape index (κ2) is 14.6. The molecule has 0 aliphatic heterocycles. The molecule has 1 heterocycles. The van der Waals surface area contributed by atoms with E-state index < -0.39 is 18.5 Å². The predicted octanol–water partition coefficient (Wildman–Crippen LogP) is 5.27. The van der Waals surface area contributed by atoms with E-state index in [0.29, 0.717) is 10.7 Å². The molecule has 1 N–H and O–H groups in total. The molecule has 2 amide bonds. The van der Waals surface area contributed by atoms with Crippen LogP contribution in [0.4, 0.5) is 5.13 Å². The van der Waals surface area contributed by atoms with E-state index in [1.165, 1.54) is 22.3 Å². The number of hydrogen-bond acceptors (Lipinski definition) is 7. The number of nitrogens with zero attached hydrogens (tertiary/aromatic N) is 3. The number of amides is 2. The molecule has 0 unspecified atom stereocenters. The fraction of sp³-hybridized carbons (Fsp3) is 0.100. The lowest BCUT2D eigenvalue weighted by molar-refractivity contribution is -0.142. The Labute approximate surface area is 230 Å². The normalized spacial score (nSPS) is 10.3. The Bertz CT molecular complexity index is 1460. The third-order valence-electron chi connectivity index (χ3n) is 5.03. The summed E-state index contributed by atoms with van der Waals surface area (Å²) in [5, 5.41) is 14.1. The first-order valence-electron chi connectivity index (χ1n) is 11.8. The minimum absolute atomic E-state index is 0.186. The van der Waals surface area contributed by atoms with E-state index in [-0.39, 0.29) is 5.57 Å². The average molecular weight is 539 g/mol. The molecule has 0 radical (unpaired) electrons. The van der Waals surface area contributed by atoms with Crippen LogP contribution in [0.25, 0.3) is 28.5 Å². The maximum atomic E-state index is 12.2. The van der Waals surface area contributed by atoms with E-state index in [1.807, 2.05) is 53.9 Å². The molecule has 0 fully saturated rings. The van der Waals surface area contributed by atoms with Crippen LogP contribution >= 0.6 is 11.3 Å². The number of benzene rings is 3. The molecule has 0 saturated carbocycles. The molecule has 0 saturated heterocycles. The van der Waals surface area contributed by atoms with Crippen LogP contribution in [-0.2, 0) is 19.1 Å². The number of aromatic nitrogens is 1. The topological polar surface area (TPSA) is 112 Å². The molecular weight excluding hydrogens is 512 g/mol. The number of esters is 1. The van der Waals surface area contributed by atoms with Crippen molar-refractivity contribution in [2.75, 3.05) is 26.0 Å². The van der Waals surface area contributed by atoms with Crippen LogP contribution in [0.1, 0.15) is 5.56 Å². The lowest BCUT2D eigenvalue weighted by Crippen LogP contribution is -2.21. The molecule has 8 nitrogen and oxygen atoms in total. The van der Waals surface area contributed by atoms with Crippen LogP contribution in [-0.4, -0.2) is 48.9 Å². The Kier molecular flexibility index (Phi) is 10.7. The number of carbonyl (C=O) groups is 3. The van der Waals surface area contributed by atoms with E-state index in [2.05, 4.69) is 22.4 Å². The zero-order valence-electron chi connectivity index (χ0n) is 21.4. The smallest absolute Gasteiger partial charge is 0.349 e. The summed E-state index contributed by atoms with van der Waals surface area (Å²) in [4.78, 5) is 39.7. The van der Waals surface area contributed by atoms with Crippen LogP contribution in [0.2, 0.25) is 0 Å². The van der Waals surface area contributed by atoms with E-state index in [9.17, 15) is 19.6 Å². The summed E-state index contributed by atoms with van der Waals surface area (Å²) in [6, 6.07) is 28.8. The van der Waals surface area contributed by atoms with Gasteiger partial charge in [0.2, 0.25) is 6.41 Å². The molecule has 1 aromatic heterocycles. The van der Waals surface area contributed by atoms with E-state index in [0.717, 1.165) is 28.8 Å². The molecule has 0 aliphatic carbocycles. The highest BCUT2D eigenvalue weighted by Crippen LogP contribution is 2.27. The first-order valence-corrected chi connectivity index (χ1v) is 12.6. The number of rotatable bonds is 8. The minimum Gasteiger partial charge on any atom is -0.451 e. The first-order chi connectivity index (χ1) is 18.9. The fourth-order valence-corrected chi connectivity index (χ4v) is 3.88. The van der Waals surface area contributed by atoms with Crippen LogP contribution in [0, 0.1) is 11.3 Å². The average Bonchev–Trinajstić information content (AvgIpc) is 3.44. The zero-order chi connectivity index (χ0) is 28.0. The number of nitrogens with one attached hydrogen (secondary N) is 1. The molecule has 0 bridgehead atoms. The lowest BCUT2D eigenvalue weighted by atomic mass is 10.0. The highest BCUT2D eigenvalue weighted by Gasteiger charge is 2.14. The highest BCUT2D eigenvalue weighted by atomic mass is 32.1. The Morgan fingerprint density at radius 2 is 1.51 bits per heavy atom. The van der Waals surface area contributed by atoms with Crippen LogP contribution in [0.15, 0.2) is 95.9 Å². The molecule has 9 heteroatoms. The van der Waals surface area contributed by atoms with Crippen LogP contribution < -0.4 is 5.32 Å². The molecule has 3 aromatic carbocycles. The van der Waals surface area contributed by atoms with Crippen molar-refractivity contribution in [1.82, 2.24) is 9.88 Å². The number of nitriles is 1. The summed E-state index contributed by atoms with van der Waals surface area (Å²) in [6.07, 6.45) is 2.16. The van der Waals surface area contributed by atoms with Gasteiger partial charge < -0.3 is 9.64 Å². The van der Waals surface area contributed by atoms with Crippen molar-refractivity contribution in [2.24, 2.45) is 0 Å². The standard InChI is InChI=1S/C27H19N3O3S.C3H7NO/c28-16-23(15-19-7-3-1-4-8-19)26(32)33-17-25(31)30-27-29-24(18-34-27)22-13-11-21(12-14-22)20-9-5-2-6-10-20;1-4(2)3-5/h1-15,18H,17H2,(H,29,30,31);3H,1-2H3/b23-15-;. The van der Waals surface area contributed by atoms with Crippen molar-refractivity contribution in [3.63, 3.8) is 0 Å². The number of carbonyl (C=O) groups excluding carboxylic acids is 3. The van der Waals surface area contributed by atoms with Crippen LogP contribution in [0.3, 0.4) is 0 Å². The van der Waals surface area contributed by atoms with Crippen molar-refractivity contribution >= 4 is 40.8 Å². The third-order valence-corrected chi connectivity index (χ3v) is 5.79. The summed E-state index contributed by atoms with van der Waals surface area (Å²) in [7, 11) is 3.38. The molecule has 4 rings (SSSR count). The minimum atomic E-state index is -0.861. The van der Waals surface area contributed by atoms with Gasteiger partial charge in [0.05, 0.1) is 5.69 Å². The number of thiazole rings is 1. The summed E-state index contributed by atoms with van der Waals surface area (Å²) >= 11 is 1.27. The molecule has 0 aliphatic rings. The second-order valence-corrected chi connectivity index (χ2v) is 9.11. The Morgan fingerprint density at radius 3 is 2.10 bits per heavy atom. The third kappa shape index (κ3) is 9.07. The van der Waals surface area contributed by atoms with Gasteiger partial charge in [0.1, 0.15) is 11.6 Å². The summed E-state index contributed by atoms with van der Waals surface area (Å²) < 4.78 is 4.98. The fourth-order valence-electron chi connectivity index (χ4n) is 3.14. The van der Waals surface area contributed by atoms with Gasteiger partial charge >= 0.3 is 5.97 Å². The predicted molar refractivity (Wildman–Crippen MR) is 152 cm³/mol.